The summed E-state index contributed by atoms with van der Waals surface area (Å²) in [5.41, 5.74) is 1.34. The Morgan fingerprint density at radius 2 is 2.04 bits per heavy atom. The minimum absolute atomic E-state index is 0.295. The topological polar surface area (TPSA) is 97.6 Å². The minimum Gasteiger partial charge on any atom is -0.444 e. The van der Waals surface area contributed by atoms with Crippen molar-refractivity contribution in [3.05, 3.63) is 27.6 Å². The first-order valence-corrected chi connectivity index (χ1v) is 9.16. The van der Waals surface area contributed by atoms with Crippen LogP contribution in [0.4, 0.5) is 9.93 Å². The number of amides is 2. The summed E-state index contributed by atoms with van der Waals surface area (Å²) in [5.74, 6) is 0.175. The Kier molecular flexibility index (Phi) is 4.74. The van der Waals surface area contributed by atoms with E-state index < -0.39 is 5.60 Å². The first-order chi connectivity index (χ1) is 12.1. The Balaban J connectivity index is 1.70. The Labute approximate surface area is 155 Å². The van der Waals surface area contributed by atoms with Gasteiger partial charge in [0.15, 0.2) is 5.13 Å². The molecule has 1 N–H and O–H groups in total. The molecule has 2 aromatic heterocycles. The fraction of sp³-hybridized carbons (Fsp3) is 0.529. The molecular formula is C17H22N4O4S. The molecule has 2 aromatic rings. The van der Waals surface area contributed by atoms with Crippen molar-refractivity contribution in [1.82, 2.24) is 15.0 Å². The summed E-state index contributed by atoms with van der Waals surface area (Å²) in [4.78, 5) is 31.8. The molecule has 0 saturated carbocycles. The summed E-state index contributed by atoms with van der Waals surface area (Å²) in [6.07, 6.45) is 0.296. The Bertz CT molecular complexity index is 830. The predicted octanol–water partition coefficient (Wildman–Crippen LogP) is 3.29. The summed E-state index contributed by atoms with van der Waals surface area (Å²) >= 11 is 1.37. The highest BCUT2D eigenvalue weighted by atomic mass is 32.1. The van der Waals surface area contributed by atoms with Gasteiger partial charge in [-0.05, 0) is 34.6 Å². The molecule has 3 rings (SSSR count). The standard InChI is InChI=1S/C17H22N4O4S/c1-9-13(10(2)25-20-9)14(22)19-15-18-11-6-7-21(8-12(11)26-15)16(23)24-17(3,4)5/h6-8H2,1-5H3,(H,18,19,22). The fourth-order valence-electron chi connectivity index (χ4n) is 2.70. The minimum atomic E-state index is -0.529. The van der Waals surface area contributed by atoms with Crippen LogP contribution < -0.4 is 5.32 Å². The van der Waals surface area contributed by atoms with E-state index in [1.807, 2.05) is 20.8 Å². The molecular weight excluding hydrogens is 356 g/mol. The second-order valence-electron chi connectivity index (χ2n) is 7.19. The van der Waals surface area contributed by atoms with Crippen LogP contribution in [0.2, 0.25) is 0 Å². The van der Waals surface area contributed by atoms with Gasteiger partial charge in [-0.1, -0.05) is 16.5 Å². The van der Waals surface area contributed by atoms with Crippen LogP contribution in [-0.2, 0) is 17.7 Å². The van der Waals surface area contributed by atoms with E-state index in [0.29, 0.717) is 41.7 Å². The van der Waals surface area contributed by atoms with Gasteiger partial charge in [0.1, 0.15) is 16.9 Å². The van der Waals surface area contributed by atoms with E-state index >= 15 is 0 Å². The van der Waals surface area contributed by atoms with E-state index in [1.54, 1.807) is 18.7 Å². The normalized spacial score (nSPS) is 14.1. The summed E-state index contributed by atoms with van der Waals surface area (Å²) in [6.45, 7) is 9.92. The van der Waals surface area contributed by atoms with Crippen LogP contribution in [-0.4, -0.2) is 39.2 Å². The van der Waals surface area contributed by atoms with Gasteiger partial charge in [0.2, 0.25) is 0 Å². The van der Waals surface area contributed by atoms with Crippen LogP contribution in [0.1, 0.15) is 53.2 Å². The van der Waals surface area contributed by atoms with Crippen LogP contribution in [0, 0.1) is 13.8 Å². The molecule has 140 valence electrons. The maximum absolute atomic E-state index is 12.4. The number of aromatic nitrogens is 2. The molecule has 0 radical (unpaired) electrons. The molecule has 1 aliphatic heterocycles. The second kappa shape index (κ2) is 6.71. The average molecular weight is 378 g/mol. The van der Waals surface area contributed by atoms with Crippen LogP contribution in [0.3, 0.4) is 0 Å². The van der Waals surface area contributed by atoms with Crippen molar-refractivity contribution in [2.45, 2.75) is 53.2 Å². The van der Waals surface area contributed by atoms with Gasteiger partial charge < -0.3 is 14.2 Å². The maximum atomic E-state index is 12.4. The highest BCUT2D eigenvalue weighted by molar-refractivity contribution is 7.15. The smallest absolute Gasteiger partial charge is 0.410 e. The Morgan fingerprint density at radius 3 is 2.65 bits per heavy atom. The summed E-state index contributed by atoms with van der Waals surface area (Å²) in [6, 6.07) is 0. The van der Waals surface area contributed by atoms with Crippen LogP contribution in [0.25, 0.3) is 0 Å². The van der Waals surface area contributed by atoms with Gasteiger partial charge >= 0.3 is 6.09 Å². The van der Waals surface area contributed by atoms with Gasteiger partial charge in [0.05, 0.1) is 17.9 Å². The molecule has 9 heteroatoms. The van der Waals surface area contributed by atoms with Crippen molar-refractivity contribution in [3.8, 4) is 0 Å². The lowest BCUT2D eigenvalue weighted by Gasteiger charge is -2.29. The third-order valence-corrected chi connectivity index (χ3v) is 4.86. The number of hydrogen-bond donors (Lipinski definition) is 1. The number of rotatable bonds is 2. The van der Waals surface area contributed by atoms with Crippen molar-refractivity contribution in [2.75, 3.05) is 11.9 Å². The fourth-order valence-corrected chi connectivity index (χ4v) is 3.72. The molecule has 0 saturated heterocycles. The Hall–Kier alpha value is -2.42. The molecule has 0 fully saturated rings. The SMILES string of the molecule is Cc1noc(C)c1C(=O)Nc1nc2c(s1)CN(C(=O)OC(C)(C)C)CC2. The zero-order valence-electron chi connectivity index (χ0n) is 15.5. The van der Waals surface area contributed by atoms with Crippen molar-refractivity contribution in [1.29, 1.82) is 0 Å². The van der Waals surface area contributed by atoms with Crippen molar-refractivity contribution < 1.29 is 18.8 Å². The maximum Gasteiger partial charge on any atom is 0.410 e. The van der Waals surface area contributed by atoms with Gasteiger partial charge in [-0.2, -0.15) is 0 Å². The summed E-state index contributed by atoms with van der Waals surface area (Å²) in [7, 11) is 0. The molecule has 0 spiro atoms. The largest absolute Gasteiger partial charge is 0.444 e. The quantitative estimate of drug-likeness (QED) is 0.861. The number of ether oxygens (including phenoxy) is 1. The zero-order valence-corrected chi connectivity index (χ0v) is 16.3. The first-order valence-electron chi connectivity index (χ1n) is 8.35. The lowest BCUT2D eigenvalue weighted by atomic mass is 10.2. The lowest BCUT2D eigenvalue weighted by molar-refractivity contribution is 0.0225. The molecule has 0 atom stereocenters. The summed E-state index contributed by atoms with van der Waals surface area (Å²) in [5, 5.41) is 7.10. The predicted molar refractivity (Wildman–Crippen MR) is 96.4 cm³/mol. The van der Waals surface area contributed by atoms with Crippen molar-refractivity contribution >= 4 is 28.5 Å². The molecule has 0 bridgehead atoms. The monoisotopic (exact) mass is 378 g/mol. The third-order valence-electron chi connectivity index (χ3n) is 3.86. The number of thiazole rings is 1. The number of hydrogen-bond acceptors (Lipinski definition) is 7. The highest BCUT2D eigenvalue weighted by Crippen LogP contribution is 2.29. The van der Waals surface area contributed by atoms with E-state index in [-0.39, 0.29) is 12.0 Å². The zero-order chi connectivity index (χ0) is 19.1. The van der Waals surface area contributed by atoms with Crippen molar-refractivity contribution in [3.63, 3.8) is 0 Å². The third kappa shape index (κ3) is 3.87. The molecule has 2 amide bonds. The number of fused-ring (bicyclic) bond motifs is 1. The number of carbonyl (C=O) groups is 2. The number of nitrogens with one attached hydrogen (secondary N) is 1. The van der Waals surface area contributed by atoms with Crippen LogP contribution >= 0.6 is 11.3 Å². The molecule has 0 aliphatic carbocycles. The molecule has 0 aromatic carbocycles. The lowest BCUT2D eigenvalue weighted by Crippen LogP contribution is -2.39. The van der Waals surface area contributed by atoms with Gasteiger partial charge in [-0.25, -0.2) is 9.78 Å². The molecule has 26 heavy (non-hydrogen) atoms. The van der Waals surface area contributed by atoms with E-state index in [0.717, 1.165) is 10.6 Å². The van der Waals surface area contributed by atoms with E-state index in [4.69, 9.17) is 9.26 Å². The summed E-state index contributed by atoms with van der Waals surface area (Å²) < 4.78 is 10.5. The number of nitrogens with zero attached hydrogens (tertiary/aromatic N) is 3. The van der Waals surface area contributed by atoms with Gasteiger partial charge in [-0.3, -0.25) is 10.1 Å². The van der Waals surface area contributed by atoms with Crippen LogP contribution in [0.15, 0.2) is 4.52 Å². The van der Waals surface area contributed by atoms with Gasteiger partial charge in [0, 0.05) is 17.8 Å². The molecule has 8 nitrogen and oxygen atoms in total. The molecule has 1 aliphatic rings. The number of carbonyl (C=O) groups excluding carboxylic acids is 2. The molecule has 0 unspecified atom stereocenters. The van der Waals surface area contributed by atoms with Crippen LogP contribution in [0.5, 0.6) is 0 Å². The first kappa shape index (κ1) is 18.4. The van der Waals surface area contributed by atoms with Gasteiger partial charge in [-0.15, -0.1) is 0 Å². The number of aryl methyl sites for hydroxylation is 2. The van der Waals surface area contributed by atoms with Crippen molar-refractivity contribution in [2.24, 2.45) is 0 Å². The number of anilines is 1. The van der Waals surface area contributed by atoms with Gasteiger partial charge in [0.25, 0.3) is 5.91 Å². The second-order valence-corrected chi connectivity index (χ2v) is 8.28. The average Bonchev–Trinajstić information content (AvgIpc) is 3.07. The van der Waals surface area contributed by atoms with E-state index in [9.17, 15) is 9.59 Å². The molecule has 3 heterocycles. The van der Waals surface area contributed by atoms with E-state index in [1.165, 1.54) is 11.3 Å². The van der Waals surface area contributed by atoms with E-state index in [2.05, 4.69) is 15.5 Å². The highest BCUT2D eigenvalue weighted by Gasteiger charge is 2.28. The Morgan fingerprint density at radius 1 is 1.31 bits per heavy atom.